The van der Waals surface area contributed by atoms with Gasteiger partial charge >= 0.3 is 0 Å². The summed E-state index contributed by atoms with van der Waals surface area (Å²) in [6, 6.07) is 10.2. The van der Waals surface area contributed by atoms with Crippen LogP contribution in [0.5, 0.6) is 0 Å². The summed E-state index contributed by atoms with van der Waals surface area (Å²) in [5.74, 6) is 0.400. The summed E-state index contributed by atoms with van der Waals surface area (Å²) in [5.41, 5.74) is 1.30. The highest BCUT2D eigenvalue weighted by Crippen LogP contribution is 2.22. The average molecular weight is 221 g/mol. The fourth-order valence-electron chi connectivity index (χ4n) is 2.18. The molecule has 15 heavy (non-hydrogen) atoms. The molecule has 2 atom stereocenters. The first-order valence-electron chi connectivity index (χ1n) is 5.27. The van der Waals surface area contributed by atoms with Gasteiger partial charge in [-0.15, -0.1) is 12.6 Å². The molecule has 1 aromatic rings. The van der Waals surface area contributed by atoms with Gasteiger partial charge in [0.15, 0.2) is 0 Å². The molecule has 0 amide bonds. The summed E-state index contributed by atoms with van der Waals surface area (Å²) >= 11 is 3.92. The van der Waals surface area contributed by atoms with Crippen LogP contribution in [0.15, 0.2) is 30.3 Å². The van der Waals surface area contributed by atoms with Gasteiger partial charge in [0.1, 0.15) is 0 Å². The molecule has 1 heterocycles. The van der Waals surface area contributed by atoms with E-state index in [1.54, 1.807) is 0 Å². The SMILES string of the molecule is O=C(S)[C@H]1NCCC1Cc1ccccc1. The summed E-state index contributed by atoms with van der Waals surface area (Å²) < 4.78 is 0. The zero-order valence-corrected chi connectivity index (χ0v) is 9.41. The first kappa shape index (κ1) is 10.7. The lowest BCUT2D eigenvalue weighted by Gasteiger charge is -2.15. The third kappa shape index (κ3) is 2.61. The van der Waals surface area contributed by atoms with Gasteiger partial charge in [-0.2, -0.15) is 0 Å². The van der Waals surface area contributed by atoms with Gasteiger partial charge in [-0.1, -0.05) is 30.3 Å². The lowest BCUT2D eigenvalue weighted by atomic mass is 9.93. The van der Waals surface area contributed by atoms with E-state index in [4.69, 9.17) is 0 Å². The smallest absolute Gasteiger partial charge is 0.203 e. The second-order valence-corrected chi connectivity index (χ2v) is 4.45. The van der Waals surface area contributed by atoms with Gasteiger partial charge in [-0.25, -0.2) is 0 Å². The Bertz CT molecular complexity index is 339. The summed E-state index contributed by atoms with van der Waals surface area (Å²) in [5, 5.41) is 3.17. The average Bonchev–Trinajstić information content (AvgIpc) is 2.67. The highest BCUT2D eigenvalue weighted by Gasteiger charge is 2.30. The highest BCUT2D eigenvalue weighted by atomic mass is 32.1. The molecule has 1 aliphatic heterocycles. The van der Waals surface area contributed by atoms with Crippen molar-refractivity contribution in [2.45, 2.75) is 18.9 Å². The number of thiol groups is 1. The minimum Gasteiger partial charge on any atom is -0.306 e. The van der Waals surface area contributed by atoms with E-state index in [2.05, 4.69) is 30.1 Å². The lowest BCUT2D eigenvalue weighted by Crippen LogP contribution is -2.33. The number of rotatable bonds is 3. The molecule has 1 fully saturated rings. The Balaban J connectivity index is 2.03. The predicted molar refractivity (Wildman–Crippen MR) is 64.0 cm³/mol. The zero-order valence-electron chi connectivity index (χ0n) is 8.52. The van der Waals surface area contributed by atoms with Crippen molar-refractivity contribution >= 4 is 17.7 Å². The van der Waals surface area contributed by atoms with Crippen molar-refractivity contribution < 1.29 is 4.79 Å². The van der Waals surface area contributed by atoms with Crippen molar-refractivity contribution in [2.75, 3.05) is 6.54 Å². The number of benzene rings is 1. The van der Waals surface area contributed by atoms with E-state index in [0.717, 1.165) is 19.4 Å². The van der Waals surface area contributed by atoms with Crippen LogP contribution in [0.4, 0.5) is 0 Å². The van der Waals surface area contributed by atoms with E-state index >= 15 is 0 Å². The number of hydrogen-bond donors (Lipinski definition) is 2. The van der Waals surface area contributed by atoms with Crippen LogP contribution >= 0.6 is 12.6 Å². The van der Waals surface area contributed by atoms with Crippen molar-refractivity contribution in [2.24, 2.45) is 5.92 Å². The third-order valence-electron chi connectivity index (χ3n) is 2.96. The fraction of sp³-hybridized carbons (Fsp3) is 0.417. The normalized spacial score (nSPS) is 25.4. The Kier molecular flexibility index (Phi) is 3.44. The maximum atomic E-state index is 11.2. The molecule has 3 heteroatoms. The molecular formula is C12H15NOS. The van der Waals surface area contributed by atoms with Crippen LogP contribution < -0.4 is 5.32 Å². The van der Waals surface area contributed by atoms with Crippen molar-refractivity contribution in [3.63, 3.8) is 0 Å². The van der Waals surface area contributed by atoms with Crippen LogP contribution in [-0.4, -0.2) is 17.7 Å². The van der Waals surface area contributed by atoms with Crippen molar-refractivity contribution in [3.05, 3.63) is 35.9 Å². The van der Waals surface area contributed by atoms with Gasteiger partial charge in [0.05, 0.1) is 6.04 Å². The summed E-state index contributed by atoms with van der Waals surface area (Å²) in [6.07, 6.45) is 2.02. The highest BCUT2D eigenvalue weighted by molar-refractivity contribution is 7.96. The first-order valence-corrected chi connectivity index (χ1v) is 5.72. The molecular weight excluding hydrogens is 206 g/mol. The van der Waals surface area contributed by atoms with Gasteiger partial charge in [-0.05, 0) is 30.9 Å². The molecule has 1 unspecified atom stereocenters. The largest absolute Gasteiger partial charge is 0.306 e. The predicted octanol–water partition coefficient (Wildman–Crippen LogP) is 1.66. The topological polar surface area (TPSA) is 29.1 Å². The summed E-state index contributed by atoms with van der Waals surface area (Å²) in [4.78, 5) is 11.2. The number of carbonyl (C=O) groups is 1. The Hall–Kier alpha value is -0.800. The molecule has 1 aromatic carbocycles. The van der Waals surface area contributed by atoms with Gasteiger partial charge in [-0.3, -0.25) is 4.79 Å². The standard InChI is InChI=1S/C12H15NOS/c14-12(15)11-10(6-7-13-11)8-9-4-2-1-3-5-9/h1-5,10-11,13H,6-8H2,(H,14,15)/t10?,11-/m0/s1. The monoisotopic (exact) mass is 221 g/mol. The molecule has 1 saturated heterocycles. The van der Waals surface area contributed by atoms with Crippen LogP contribution in [0.1, 0.15) is 12.0 Å². The molecule has 0 spiro atoms. The van der Waals surface area contributed by atoms with Crippen molar-refractivity contribution in [1.82, 2.24) is 5.32 Å². The van der Waals surface area contributed by atoms with Crippen molar-refractivity contribution in [1.29, 1.82) is 0 Å². The second kappa shape index (κ2) is 4.81. The number of nitrogens with one attached hydrogen (secondary N) is 1. The molecule has 2 rings (SSSR count). The van der Waals surface area contributed by atoms with Crippen LogP contribution in [0.2, 0.25) is 0 Å². The maximum absolute atomic E-state index is 11.2. The van der Waals surface area contributed by atoms with E-state index in [9.17, 15) is 4.79 Å². The van der Waals surface area contributed by atoms with Crippen LogP contribution in [0.25, 0.3) is 0 Å². The van der Waals surface area contributed by atoms with Gasteiger partial charge in [0.25, 0.3) is 0 Å². The second-order valence-electron chi connectivity index (χ2n) is 4.01. The molecule has 2 nitrogen and oxygen atoms in total. The minimum absolute atomic E-state index is 0.0339. The van der Waals surface area contributed by atoms with E-state index < -0.39 is 0 Å². The lowest BCUT2D eigenvalue weighted by molar-refractivity contribution is -0.113. The third-order valence-corrected chi connectivity index (χ3v) is 3.24. The van der Waals surface area contributed by atoms with Gasteiger partial charge in [0.2, 0.25) is 5.12 Å². The number of carbonyl (C=O) groups excluding carboxylic acids is 1. The molecule has 0 aromatic heterocycles. The van der Waals surface area contributed by atoms with Gasteiger partial charge < -0.3 is 5.32 Å². The molecule has 0 radical (unpaired) electrons. The summed E-state index contributed by atoms with van der Waals surface area (Å²) in [6.45, 7) is 0.925. The van der Waals surface area contributed by atoms with Crippen molar-refractivity contribution in [3.8, 4) is 0 Å². The molecule has 1 N–H and O–H groups in total. The molecule has 0 bridgehead atoms. The first-order chi connectivity index (χ1) is 7.27. The fourth-order valence-corrected chi connectivity index (χ4v) is 2.49. The van der Waals surface area contributed by atoms with E-state index in [1.165, 1.54) is 5.56 Å². The molecule has 80 valence electrons. The summed E-state index contributed by atoms with van der Waals surface area (Å²) in [7, 11) is 0. The van der Waals surface area contributed by atoms with E-state index in [-0.39, 0.29) is 11.2 Å². The minimum atomic E-state index is -0.0615. The Labute approximate surface area is 95.5 Å². The van der Waals surface area contributed by atoms with Crippen LogP contribution in [-0.2, 0) is 11.2 Å². The maximum Gasteiger partial charge on any atom is 0.203 e. The Morgan fingerprint density at radius 1 is 1.40 bits per heavy atom. The quantitative estimate of drug-likeness (QED) is 0.760. The van der Waals surface area contributed by atoms with E-state index in [0.29, 0.717) is 5.92 Å². The van der Waals surface area contributed by atoms with Crippen LogP contribution in [0.3, 0.4) is 0 Å². The molecule has 1 aliphatic rings. The zero-order chi connectivity index (χ0) is 10.7. The molecule has 0 aliphatic carbocycles. The Morgan fingerprint density at radius 2 is 2.13 bits per heavy atom. The molecule has 0 saturated carbocycles. The number of hydrogen-bond acceptors (Lipinski definition) is 2. The van der Waals surface area contributed by atoms with Crippen LogP contribution in [0, 0.1) is 5.92 Å². The Morgan fingerprint density at radius 3 is 2.80 bits per heavy atom. The van der Waals surface area contributed by atoms with E-state index in [1.807, 2.05) is 18.2 Å². The van der Waals surface area contributed by atoms with Gasteiger partial charge in [0, 0.05) is 0 Å².